The Morgan fingerprint density at radius 1 is 0.530 bits per heavy atom. The largest absolute Gasteiger partial charge is 0.481 e. The van der Waals surface area contributed by atoms with Crippen molar-refractivity contribution in [3.8, 4) is 11.4 Å². The van der Waals surface area contributed by atoms with Gasteiger partial charge in [0.1, 0.15) is 49.5 Å². The Morgan fingerprint density at radius 2 is 1.01 bits per heavy atom. The molecule has 1 fully saturated rings. The number of amides is 15. The molecule has 0 saturated carbocycles. The summed E-state index contributed by atoms with van der Waals surface area (Å²) < 4.78 is 57.2. The van der Waals surface area contributed by atoms with Gasteiger partial charge in [-0.3, -0.25) is 81.5 Å². The van der Waals surface area contributed by atoms with Crippen LogP contribution >= 0.6 is 0 Å². The Labute approximate surface area is 866 Å². The van der Waals surface area contributed by atoms with Crippen LogP contribution in [-0.4, -0.2) is 415 Å². The van der Waals surface area contributed by atoms with Crippen molar-refractivity contribution in [2.75, 3.05) is 214 Å². The summed E-state index contributed by atoms with van der Waals surface area (Å²) in [5, 5.41) is 26.9. The standard InChI is InChI=1S/C101H147N17O31/c1-16-68-69-29-21-22-30-73(69)107-92-70(68)55-118-77(92)53-72-71(95(118)135)65-147-98(138)101(72,17-2)148-97(137)91(66(3)4)108-94(134)76-32-26-40-117(76)96(136)75(54-89(130)131)106-80(121)36-42-141-46-50-144-51-47-142-43-38-103-93(133)74(105-79(120)35-41-140-45-49-145-52-48-143-44-39-104-99(139)149-100(5,6)7)31-23-24-37-102-78(119)33-25-34-81(122)109(8)56-82(123)110(9)57-83(124)111(10)58-84(125)112(11)59-85(126)113(12)60-86(127)114(13)61-87(128)115(14)62-88(129)116(15)63-90(132)146-64-67-27-19-18-20-28-67/h18-22,27-30,53,66,74-76,91H,16-17,23-26,31-52,54-65H2,1-15H3,(H,102,119)(H,103,133)(H,104,139)(H,105,120)(H,106,121)(H,108,134)(H,130,131)/t74?,75?,76-,91-,101-/m0/s1. The van der Waals surface area contributed by atoms with Crippen LogP contribution in [0.4, 0.5) is 4.79 Å². The van der Waals surface area contributed by atoms with Gasteiger partial charge in [-0.2, -0.15) is 0 Å². The number of hydrogen-bond acceptors (Lipinski definition) is 31. The van der Waals surface area contributed by atoms with Crippen molar-refractivity contribution in [1.29, 1.82) is 0 Å². The number of hydrogen-bond donors (Lipinski definition) is 7. The lowest BCUT2D eigenvalue weighted by Crippen LogP contribution is -2.57. The first kappa shape index (κ1) is 122. The molecule has 48 nitrogen and oxygen atoms in total. The summed E-state index contributed by atoms with van der Waals surface area (Å²) in [6, 6.07) is 13.0. The zero-order valence-electron chi connectivity index (χ0n) is 88.1. The number of rotatable bonds is 64. The first-order valence-electron chi connectivity index (χ1n) is 49.9. The predicted molar refractivity (Wildman–Crippen MR) is 535 cm³/mol. The minimum atomic E-state index is -2.11. The molecule has 3 aliphatic rings. The highest BCUT2D eigenvalue weighted by Gasteiger charge is 2.52. The normalized spacial score (nSPS) is 14.4. The van der Waals surface area contributed by atoms with E-state index in [1.807, 2.05) is 37.3 Å². The van der Waals surface area contributed by atoms with E-state index < -0.39 is 206 Å². The maximum Gasteiger partial charge on any atom is 0.407 e. The number of carbonyl (C=O) groups is 19. The van der Waals surface area contributed by atoms with Crippen LogP contribution in [0.3, 0.4) is 0 Å². The number of aromatic nitrogens is 2. The summed E-state index contributed by atoms with van der Waals surface area (Å²) in [6.07, 6.45) is -0.00421. The molecule has 2 unspecified atom stereocenters. The number of carbonyl (C=O) groups excluding carboxylic acids is 18. The Morgan fingerprint density at radius 3 is 1.52 bits per heavy atom. The monoisotopic (exact) mass is 2090 g/mol. The lowest BCUT2D eigenvalue weighted by molar-refractivity contribution is -0.191. The van der Waals surface area contributed by atoms with E-state index in [-0.39, 0.29) is 200 Å². The quantitative estimate of drug-likeness (QED) is 0.0155. The molecule has 7 rings (SSSR count). The molecule has 5 atom stereocenters. The SMILES string of the molecule is CCc1c2c(nc3ccccc13)-c1cc3c(c(=O)n1C2)COC(=O)[C@@]3(CC)OC(=O)[C@@H](NC(=O)[C@@H]1CCCN1C(=O)C(CC(=O)O)NC(=O)CCOCCOCCOCCNC(=O)C(CCCCNC(=O)CCCC(=O)N(C)CC(=O)N(C)CC(=O)N(C)CC(=O)N(C)CC(=O)N(C)CC(=O)N(C)CC(=O)N(C)CC(=O)N(C)CC(=O)OCc1ccccc1)NC(=O)CCOCCOCCOCCNC(=O)OC(C)(C)C)C(C)C. The maximum atomic E-state index is 14.5. The number of nitrogens with zero attached hydrogens (tertiary/aromatic N) is 11. The van der Waals surface area contributed by atoms with Crippen LogP contribution in [0, 0.1) is 5.92 Å². The maximum absolute atomic E-state index is 14.5. The Balaban J connectivity index is 0.770. The van der Waals surface area contributed by atoms with Gasteiger partial charge in [0, 0.05) is 125 Å². The second kappa shape index (κ2) is 61.3. The van der Waals surface area contributed by atoms with Crippen molar-refractivity contribution in [1.82, 2.24) is 85.6 Å². The third-order valence-corrected chi connectivity index (χ3v) is 24.6. The fraction of sp³-hybridized carbons (Fsp3) is 0.614. The molecule has 0 aliphatic carbocycles. The van der Waals surface area contributed by atoms with E-state index in [4.69, 9.17) is 52.4 Å². The van der Waals surface area contributed by atoms with E-state index >= 15 is 0 Å². The van der Waals surface area contributed by atoms with E-state index in [1.165, 1.54) is 56.4 Å². The van der Waals surface area contributed by atoms with E-state index in [0.29, 0.717) is 37.1 Å². The van der Waals surface area contributed by atoms with Gasteiger partial charge < -0.3 is 133 Å². The summed E-state index contributed by atoms with van der Waals surface area (Å²) in [5.41, 5.74) is 1.43. The van der Waals surface area contributed by atoms with Crippen LogP contribution < -0.4 is 37.5 Å². The second-order valence-corrected chi connectivity index (χ2v) is 37.8. The molecule has 2 aromatic carbocycles. The van der Waals surface area contributed by atoms with Gasteiger partial charge in [0.05, 0.1) is 161 Å². The van der Waals surface area contributed by atoms with E-state index in [1.54, 1.807) is 76.4 Å². The van der Waals surface area contributed by atoms with Crippen molar-refractivity contribution >= 4 is 124 Å². The molecular weight excluding hydrogens is 1950 g/mol. The number of fused-ring (bicyclic) bond motifs is 5. The molecule has 0 spiro atoms. The number of carboxylic acids is 1. The van der Waals surface area contributed by atoms with Crippen molar-refractivity contribution in [3.63, 3.8) is 0 Å². The number of pyridine rings is 2. The van der Waals surface area contributed by atoms with E-state index in [2.05, 4.69) is 31.9 Å². The predicted octanol–water partition coefficient (Wildman–Crippen LogP) is 0.157. The van der Waals surface area contributed by atoms with Crippen molar-refractivity contribution in [2.24, 2.45) is 5.92 Å². The number of alkyl carbamates (subject to hydrolysis) is 1. The Hall–Kier alpha value is -13.7. The number of cyclic esters (lactones) is 1. The lowest BCUT2D eigenvalue weighted by Gasteiger charge is -2.37. The van der Waals surface area contributed by atoms with Gasteiger partial charge in [-0.1, -0.05) is 76.2 Å². The van der Waals surface area contributed by atoms with Crippen LogP contribution in [0.5, 0.6) is 0 Å². The fourth-order valence-electron chi connectivity index (χ4n) is 16.0. The first-order chi connectivity index (χ1) is 70.8. The molecule has 822 valence electrons. The van der Waals surface area contributed by atoms with Crippen LogP contribution in [0.25, 0.3) is 22.3 Å². The smallest absolute Gasteiger partial charge is 0.407 e. The summed E-state index contributed by atoms with van der Waals surface area (Å²) in [4.78, 5) is 280. The highest BCUT2D eigenvalue weighted by molar-refractivity contribution is 5.98. The van der Waals surface area contributed by atoms with Gasteiger partial charge in [0.2, 0.25) is 88.3 Å². The minimum Gasteiger partial charge on any atom is -0.481 e. The lowest BCUT2D eigenvalue weighted by atomic mass is 9.85. The third kappa shape index (κ3) is 39.4. The molecule has 48 heteroatoms. The number of aliphatic carboxylic acids is 1. The third-order valence-electron chi connectivity index (χ3n) is 24.6. The zero-order chi connectivity index (χ0) is 110. The van der Waals surface area contributed by atoms with E-state index in [0.717, 1.165) is 71.7 Å². The number of likely N-dealkylation sites (N-methyl/N-ethyl adjacent to an activating group) is 8. The number of esters is 3. The highest BCUT2D eigenvalue weighted by Crippen LogP contribution is 2.43. The molecule has 0 bridgehead atoms. The van der Waals surface area contributed by atoms with Crippen LogP contribution in [0.1, 0.15) is 153 Å². The molecule has 149 heavy (non-hydrogen) atoms. The number of unbranched alkanes of at least 4 members (excludes halogenated alkanes) is 1. The molecule has 15 amide bonds. The average molecular weight is 2100 g/mol. The van der Waals surface area contributed by atoms with Gasteiger partial charge in [-0.05, 0) is 101 Å². The molecule has 7 N–H and O–H groups in total. The minimum absolute atomic E-state index is 0.00130. The number of benzene rings is 2. The fourth-order valence-corrected chi connectivity index (χ4v) is 16.0. The number of nitrogens with one attached hydrogen (secondary N) is 6. The first-order valence-corrected chi connectivity index (χ1v) is 49.9. The molecule has 4 aromatic rings. The summed E-state index contributed by atoms with van der Waals surface area (Å²) in [7, 11) is 10.7. The number of ether oxygens (including phenoxy) is 10. The van der Waals surface area contributed by atoms with Crippen LogP contribution in [-0.2, 0) is 165 Å². The van der Waals surface area contributed by atoms with Gasteiger partial charge in [0.25, 0.3) is 5.56 Å². The average Bonchev–Trinajstić information content (AvgIpc) is 1.60. The highest BCUT2D eigenvalue weighted by atomic mass is 16.6. The summed E-state index contributed by atoms with van der Waals surface area (Å²) in [5.74, 6) is -13.2. The molecule has 5 heterocycles. The van der Waals surface area contributed by atoms with Crippen molar-refractivity contribution in [3.05, 3.63) is 98.8 Å². The molecule has 2 aromatic heterocycles. The zero-order valence-corrected chi connectivity index (χ0v) is 88.1. The van der Waals surface area contributed by atoms with Gasteiger partial charge in [0.15, 0.2) is 0 Å². The number of aryl methyl sites for hydroxylation is 1. The molecular formula is C101H147N17O31. The van der Waals surface area contributed by atoms with Crippen LogP contribution in [0.15, 0.2) is 65.5 Å². The molecule has 3 aliphatic heterocycles. The summed E-state index contributed by atoms with van der Waals surface area (Å²) in [6.45, 7) is 10.1. The van der Waals surface area contributed by atoms with Gasteiger partial charge in [-0.25, -0.2) is 19.4 Å². The molecule has 0 radical (unpaired) electrons. The topological polar surface area (TPSA) is 573 Å². The number of likely N-dealkylation sites (tertiary alicyclic amines) is 1. The Kier molecular flexibility index (Phi) is 50.3. The summed E-state index contributed by atoms with van der Waals surface area (Å²) >= 11 is 0. The van der Waals surface area contributed by atoms with Crippen LogP contribution in [0.2, 0.25) is 0 Å². The van der Waals surface area contributed by atoms with Gasteiger partial charge >= 0.3 is 30.0 Å². The second-order valence-electron chi connectivity index (χ2n) is 37.8. The number of carboxylic acid groups (broad SMARTS) is 1. The van der Waals surface area contributed by atoms with Crippen molar-refractivity contribution < 1.29 is 144 Å². The Bertz CT molecular complexity index is 5370. The number of para-hydroxylation sites is 1. The van der Waals surface area contributed by atoms with Gasteiger partial charge in [-0.15, -0.1) is 0 Å². The van der Waals surface area contributed by atoms with Crippen molar-refractivity contribution in [2.45, 2.75) is 187 Å². The van der Waals surface area contributed by atoms with E-state index in [9.17, 15) is 101 Å². The molecule has 1 saturated heterocycles.